The molecule has 1 aromatic heterocycles. The summed E-state index contributed by atoms with van der Waals surface area (Å²) >= 11 is 0. The van der Waals surface area contributed by atoms with E-state index in [4.69, 9.17) is 9.47 Å². The highest BCUT2D eigenvalue weighted by atomic mass is 16.5. The number of benzene rings is 1. The van der Waals surface area contributed by atoms with Gasteiger partial charge >= 0.3 is 0 Å². The zero-order valence-electron chi connectivity index (χ0n) is 14.3. The lowest BCUT2D eigenvalue weighted by molar-refractivity contribution is 0.0384. The minimum atomic E-state index is 0.785. The lowest BCUT2D eigenvalue weighted by atomic mass is 10.2. The minimum Gasteiger partial charge on any atom is -0.497 e. The molecule has 6 nitrogen and oxygen atoms in total. The second-order valence-electron chi connectivity index (χ2n) is 5.95. The number of imidazole rings is 1. The van der Waals surface area contributed by atoms with E-state index in [0.29, 0.717) is 0 Å². The third kappa shape index (κ3) is 4.80. The molecule has 0 amide bonds. The number of morpholine rings is 1. The molecule has 1 aliphatic heterocycles. The van der Waals surface area contributed by atoms with Crippen LogP contribution in [0.5, 0.6) is 5.75 Å². The van der Waals surface area contributed by atoms with Gasteiger partial charge in [0.1, 0.15) is 11.6 Å². The van der Waals surface area contributed by atoms with E-state index in [2.05, 4.69) is 31.9 Å². The topological polar surface area (TPSA) is 51.5 Å². The number of hydrogen-bond donors (Lipinski definition) is 1. The van der Waals surface area contributed by atoms with Crippen LogP contribution < -0.4 is 10.1 Å². The Kier molecular flexibility index (Phi) is 6.23. The van der Waals surface area contributed by atoms with Crippen LogP contribution in [0.15, 0.2) is 36.7 Å². The van der Waals surface area contributed by atoms with Crippen molar-refractivity contribution in [2.45, 2.75) is 13.1 Å². The van der Waals surface area contributed by atoms with Gasteiger partial charge in [0.2, 0.25) is 0 Å². The monoisotopic (exact) mass is 330 g/mol. The first-order valence-corrected chi connectivity index (χ1v) is 8.49. The number of nitrogens with zero attached hydrogens (tertiary/aromatic N) is 3. The minimum absolute atomic E-state index is 0.785. The van der Waals surface area contributed by atoms with Gasteiger partial charge in [-0.3, -0.25) is 4.90 Å². The molecule has 0 bridgehead atoms. The van der Waals surface area contributed by atoms with Crippen molar-refractivity contribution < 1.29 is 9.47 Å². The quantitative estimate of drug-likeness (QED) is 0.741. The number of hydrogen-bond acceptors (Lipinski definition) is 5. The van der Waals surface area contributed by atoms with Crippen LogP contribution in [-0.2, 0) is 17.8 Å². The van der Waals surface area contributed by atoms with E-state index < -0.39 is 0 Å². The summed E-state index contributed by atoms with van der Waals surface area (Å²) in [6.45, 7) is 7.41. The van der Waals surface area contributed by atoms with Crippen molar-refractivity contribution in [3.05, 3.63) is 48.0 Å². The molecule has 1 N–H and O–H groups in total. The first kappa shape index (κ1) is 17.0. The first-order chi connectivity index (χ1) is 11.8. The van der Waals surface area contributed by atoms with Crippen LogP contribution >= 0.6 is 0 Å². The molecule has 1 fully saturated rings. The van der Waals surface area contributed by atoms with Crippen molar-refractivity contribution in [1.82, 2.24) is 19.8 Å². The van der Waals surface area contributed by atoms with Gasteiger partial charge in [-0.1, -0.05) is 12.1 Å². The summed E-state index contributed by atoms with van der Waals surface area (Å²) in [5.41, 5.74) is 1.24. The van der Waals surface area contributed by atoms with Crippen LogP contribution in [0.1, 0.15) is 11.4 Å². The lowest BCUT2D eigenvalue weighted by Crippen LogP contribution is -2.40. The largest absolute Gasteiger partial charge is 0.497 e. The average Bonchev–Trinajstić information content (AvgIpc) is 3.07. The number of nitrogens with one attached hydrogen (secondary N) is 1. The zero-order valence-corrected chi connectivity index (χ0v) is 14.3. The number of ether oxygens (including phenoxy) is 2. The molecule has 3 rings (SSSR count). The van der Waals surface area contributed by atoms with Crippen LogP contribution in [0.25, 0.3) is 0 Å². The smallest absolute Gasteiger partial charge is 0.122 e. The highest BCUT2D eigenvalue weighted by Gasteiger charge is 2.09. The van der Waals surface area contributed by atoms with Gasteiger partial charge in [0.25, 0.3) is 0 Å². The molecule has 0 radical (unpaired) electrons. The Morgan fingerprint density at radius 3 is 2.75 bits per heavy atom. The number of rotatable bonds is 8. The van der Waals surface area contributed by atoms with Crippen molar-refractivity contribution in [3.63, 3.8) is 0 Å². The van der Waals surface area contributed by atoms with Gasteiger partial charge in [0.05, 0.1) is 26.9 Å². The molecule has 6 heteroatoms. The molecule has 0 spiro atoms. The van der Waals surface area contributed by atoms with Gasteiger partial charge in [-0.05, 0) is 17.7 Å². The Morgan fingerprint density at radius 1 is 1.21 bits per heavy atom. The van der Waals surface area contributed by atoms with Gasteiger partial charge in [-0.15, -0.1) is 0 Å². The molecule has 1 aliphatic rings. The second-order valence-corrected chi connectivity index (χ2v) is 5.95. The number of aromatic nitrogens is 2. The fraction of sp³-hybridized carbons (Fsp3) is 0.500. The highest BCUT2D eigenvalue weighted by molar-refractivity contribution is 5.27. The van der Waals surface area contributed by atoms with E-state index in [1.54, 1.807) is 7.11 Å². The van der Waals surface area contributed by atoms with Crippen molar-refractivity contribution in [3.8, 4) is 5.75 Å². The summed E-state index contributed by atoms with van der Waals surface area (Å²) in [4.78, 5) is 6.90. The molecule has 1 aromatic carbocycles. The second kappa shape index (κ2) is 8.82. The first-order valence-electron chi connectivity index (χ1n) is 8.49. The van der Waals surface area contributed by atoms with E-state index in [1.807, 2.05) is 24.5 Å². The summed E-state index contributed by atoms with van der Waals surface area (Å²) in [5.74, 6) is 1.95. The maximum Gasteiger partial charge on any atom is 0.122 e. The van der Waals surface area contributed by atoms with E-state index in [-0.39, 0.29) is 0 Å². The third-order valence-corrected chi connectivity index (χ3v) is 4.31. The summed E-state index contributed by atoms with van der Waals surface area (Å²) in [6, 6.07) is 8.17. The van der Waals surface area contributed by atoms with Gasteiger partial charge in [0, 0.05) is 45.1 Å². The zero-order chi connectivity index (χ0) is 16.6. The Hall–Kier alpha value is -1.89. The third-order valence-electron chi connectivity index (χ3n) is 4.31. The predicted octanol–water partition coefficient (Wildman–Crippen LogP) is 1.36. The van der Waals surface area contributed by atoms with Crippen LogP contribution in [0.3, 0.4) is 0 Å². The van der Waals surface area contributed by atoms with E-state index in [9.17, 15) is 0 Å². The van der Waals surface area contributed by atoms with Crippen LogP contribution in [-0.4, -0.2) is 61.0 Å². The summed E-state index contributed by atoms with van der Waals surface area (Å²) in [5, 5.41) is 3.49. The van der Waals surface area contributed by atoms with Crippen molar-refractivity contribution in [2.24, 2.45) is 0 Å². The fourth-order valence-corrected chi connectivity index (χ4v) is 2.84. The summed E-state index contributed by atoms with van der Waals surface area (Å²) in [7, 11) is 1.69. The normalized spacial score (nSPS) is 15.5. The highest BCUT2D eigenvalue weighted by Crippen LogP contribution is 2.13. The van der Waals surface area contributed by atoms with E-state index in [0.717, 1.165) is 64.1 Å². The van der Waals surface area contributed by atoms with Crippen molar-refractivity contribution in [2.75, 3.05) is 46.5 Å². The molecule has 1 saturated heterocycles. The van der Waals surface area contributed by atoms with Crippen LogP contribution in [0.2, 0.25) is 0 Å². The standard InChI is InChI=1S/C18H26N4O2/c1-23-17-4-2-16(3-5-17)15-22-9-7-20-18(22)14-19-6-8-21-10-12-24-13-11-21/h2-5,7,9,19H,6,8,10-15H2,1H3. The van der Waals surface area contributed by atoms with Crippen LogP contribution in [0, 0.1) is 0 Å². The van der Waals surface area contributed by atoms with Crippen molar-refractivity contribution in [1.29, 1.82) is 0 Å². The molecular formula is C18H26N4O2. The Morgan fingerprint density at radius 2 is 2.00 bits per heavy atom. The van der Waals surface area contributed by atoms with Gasteiger partial charge in [-0.2, -0.15) is 0 Å². The predicted molar refractivity (Wildman–Crippen MR) is 93.3 cm³/mol. The van der Waals surface area contributed by atoms with Gasteiger partial charge in [-0.25, -0.2) is 4.98 Å². The maximum absolute atomic E-state index is 5.37. The fourth-order valence-electron chi connectivity index (χ4n) is 2.84. The van der Waals surface area contributed by atoms with Crippen LogP contribution in [0.4, 0.5) is 0 Å². The molecule has 0 aliphatic carbocycles. The Bertz CT molecular complexity index is 606. The molecular weight excluding hydrogens is 304 g/mol. The Labute approximate surface area is 143 Å². The molecule has 2 heterocycles. The van der Waals surface area contributed by atoms with E-state index >= 15 is 0 Å². The van der Waals surface area contributed by atoms with Gasteiger partial charge in [0.15, 0.2) is 0 Å². The number of methoxy groups -OCH3 is 1. The molecule has 0 unspecified atom stereocenters. The summed E-state index contributed by atoms with van der Waals surface area (Å²) in [6.07, 6.45) is 3.89. The van der Waals surface area contributed by atoms with E-state index in [1.165, 1.54) is 5.56 Å². The SMILES string of the molecule is COc1ccc(Cn2ccnc2CNCCN2CCOCC2)cc1. The lowest BCUT2D eigenvalue weighted by Gasteiger charge is -2.26. The molecule has 130 valence electrons. The average molecular weight is 330 g/mol. The Balaban J connectivity index is 1.45. The van der Waals surface area contributed by atoms with Gasteiger partial charge < -0.3 is 19.4 Å². The maximum atomic E-state index is 5.37. The molecule has 24 heavy (non-hydrogen) atoms. The van der Waals surface area contributed by atoms with Crippen molar-refractivity contribution >= 4 is 0 Å². The molecule has 0 saturated carbocycles. The molecule has 0 atom stereocenters. The summed E-state index contributed by atoms with van der Waals surface area (Å²) < 4.78 is 12.8. The molecule has 2 aromatic rings.